The van der Waals surface area contributed by atoms with Gasteiger partial charge in [-0.2, -0.15) is 4.99 Å². The van der Waals surface area contributed by atoms with Gasteiger partial charge in [-0.1, -0.05) is 56.3 Å². The maximum atomic E-state index is 15.0. The van der Waals surface area contributed by atoms with E-state index in [1.165, 1.54) is 58.0 Å². The van der Waals surface area contributed by atoms with Gasteiger partial charge >= 0.3 is 12.4 Å². The third-order valence-electron chi connectivity index (χ3n) is 6.31. The quantitative estimate of drug-likeness (QED) is 0.0804. The van der Waals surface area contributed by atoms with Crippen LogP contribution in [0.5, 0.6) is 5.75 Å². The summed E-state index contributed by atoms with van der Waals surface area (Å²) in [5, 5.41) is 6.85. The summed E-state index contributed by atoms with van der Waals surface area (Å²) < 4.78 is 57.3. The summed E-state index contributed by atoms with van der Waals surface area (Å²) in [4.78, 5) is 34.6. The van der Waals surface area contributed by atoms with Crippen LogP contribution in [0.25, 0.3) is 17.8 Å². The average molecular weight is 655 g/mol. The number of ether oxygens (including phenoxy) is 1. The Hall–Kier alpha value is -4.98. The summed E-state index contributed by atoms with van der Waals surface area (Å²) >= 11 is 1.21. The molecule has 1 N–H and O–H groups in total. The van der Waals surface area contributed by atoms with Crippen molar-refractivity contribution >= 4 is 52.9 Å². The second kappa shape index (κ2) is 15.3. The Morgan fingerprint density at radius 1 is 1.09 bits per heavy atom. The summed E-state index contributed by atoms with van der Waals surface area (Å²) in [6, 6.07) is 14.2. The van der Waals surface area contributed by atoms with Crippen LogP contribution in [0.3, 0.4) is 0 Å². The van der Waals surface area contributed by atoms with Gasteiger partial charge in [-0.05, 0) is 84.3 Å². The molecular weight excluding hydrogens is 624 g/mol. The Labute approximate surface area is 267 Å². The first-order valence-corrected chi connectivity index (χ1v) is 15.1. The standard InChI is InChI=1S/C32H30F4N6O3S/c1-4-6-23-10-7-21(3)17-28(23)41(20-43)31(46-5-2)39-30(44)38-27-15-8-22(18-26(27)33)9-16-29-37-19-42(40-29)24-11-13-25(14-12-24)45-32(34,35)36/h7-20H,4-6H2,1-3H3,(H,38,44)/b16-9+,39-31-. The molecule has 1 aromatic heterocycles. The zero-order valence-electron chi connectivity index (χ0n) is 25.1. The van der Waals surface area contributed by atoms with Crippen LogP contribution in [0.15, 0.2) is 72.0 Å². The van der Waals surface area contributed by atoms with Crippen LogP contribution in [0.1, 0.15) is 42.8 Å². The number of halogens is 4. The third kappa shape index (κ3) is 9.27. The smallest absolute Gasteiger partial charge is 0.406 e. The van der Waals surface area contributed by atoms with E-state index in [-0.39, 0.29) is 22.4 Å². The molecule has 0 spiro atoms. The lowest BCUT2D eigenvalue weighted by atomic mass is 10.0. The molecule has 1 heterocycles. The van der Waals surface area contributed by atoms with E-state index in [0.717, 1.165) is 36.1 Å². The van der Waals surface area contributed by atoms with Gasteiger partial charge in [0, 0.05) is 0 Å². The minimum atomic E-state index is -4.79. The van der Waals surface area contributed by atoms with Crippen molar-refractivity contribution in [3.63, 3.8) is 0 Å². The molecule has 46 heavy (non-hydrogen) atoms. The molecule has 0 aliphatic heterocycles. The van der Waals surface area contributed by atoms with Gasteiger partial charge in [-0.15, -0.1) is 18.3 Å². The number of nitrogens with zero attached hydrogens (tertiary/aromatic N) is 5. The topological polar surface area (TPSA) is 102 Å². The van der Waals surface area contributed by atoms with Crippen LogP contribution < -0.4 is 15.0 Å². The van der Waals surface area contributed by atoms with Crippen molar-refractivity contribution in [1.29, 1.82) is 0 Å². The van der Waals surface area contributed by atoms with Crippen LogP contribution in [-0.4, -0.2) is 44.5 Å². The second-order valence-corrected chi connectivity index (χ2v) is 11.0. The predicted molar refractivity (Wildman–Crippen MR) is 172 cm³/mol. The number of urea groups is 1. The lowest BCUT2D eigenvalue weighted by Gasteiger charge is -2.22. The van der Waals surface area contributed by atoms with E-state index in [4.69, 9.17) is 0 Å². The van der Waals surface area contributed by atoms with Crippen molar-refractivity contribution in [3.05, 3.63) is 95.3 Å². The van der Waals surface area contributed by atoms with Crippen LogP contribution in [0.4, 0.5) is 33.7 Å². The number of aliphatic imine (C=N–C) groups is 1. The van der Waals surface area contributed by atoms with Crippen molar-refractivity contribution in [2.45, 2.75) is 40.0 Å². The molecule has 0 fully saturated rings. The maximum absolute atomic E-state index is 15.0. The molecule has 4 rings (SSSR count). The average Bonchev–Trinajstić information content (AvgIpc) is 3.48. The number of nitrogens with one attached hydrogen (secondary N) is 1. The fourth-order valence-corrected chi connectivity index (χ4v) is 4.97. The Balaban J connectivity index is 1.45. The van der Waals surface area contributed by atoms with Gasteiger partial charge in [0.1, 0.15) is 17.9 Å². The van der Waals surface area contributed by atoms with Crippen LogP contribution in [0, 0.1) is 12.7 Å². The monoisotopic (exact) mass is 654 g/mol. The number of thioether (sulfide) groups is 1. The van der Waals surface area contributed by atoms with Gasteiger partial charge in [0.15, 0.2) is 11.0 Å². The molecule has 0 aliphatic carbocycles. The van der Waals surface area contributed by atoms with Crippen molar-refractivity contribution in [2.75, 3.05) is 16.0 Å². The van der Waals surface area contributed by atoms with E-state index in [1.54, 1.807) is 12.1 Å². The van der Waals surface area contributed by atoms with Gasteiger partial charge < -0.3 is 10.1 Å². The molecule has 240 valence electrons. The summed E-state index contributed by atoms with van der Waals surface area (Å²) in [6.45, 7) is 5.81. The largest absolute Gasteiger partial charge is 0.573 e. The van der Waals surface area contributed by atoms with Crippen molar-refractivity contribution in [2.24, 2.45) is 4.99 Å². The zero-order chi connectivity index (χ0) is 33.3. The highest BCUT2D eigenvalue weighted by atomic mass is 32.2. The van der Waals surface area contributed by atoms with E-state index < -0.39 is 18.2 Å². The van der Waals surface area contributed by atoms with E-state index in [1.807, 2.05) is 39.0 Å². The van der Waals surface area contributed by atoms with Crippen LogP contribution >= 0.6 is 11.8 Å². The fraction of sp³-hybridized carbons (Fsp3) is 0.219. The van der Waals surface area contributed by atoms with Gasteiger partial charge in [0.2, 0.25) is 6.41 Å². The first-order chi connectivity index (χ1) is 22.0. The molecule has 0 unspecified atom stereocenters. The van der Waals surface area contributed by atoms with E-state index in [2.05, 4.69) is 25.1 Å². The molecule has 4 aromatic rings. The molecule has 0 saturated carbocycles. The molecule has 0 bridgehead atoms. The molecule has 0 radical (unpaired) electrons. The lowest BCUT2D eigenvalue weighted by molar-refractivity contribution is -0.274. The SMILES string of the molecule is CCCc1ccc(C)cc1N(C=O)/C(=N/C(=O)Nc1ccc(/C=C/c2ncn(-c3ccc(OC(F)(F)F)cc3)n2)cc1F)SCC. The zero-order valence-corrected chi connectivity index (χ0v) is 25.9. The van der Waals surface area contributed by atoms with E-state index in [9.17, 15) is 27.2 Å². The van der Waals surface area contributed by atoms with Crippen molar-refractivity contribution in [3.8, 4) is 11.4 Å². The summed E-state index contributed by atoms with van der Waals surface area (Å²) in [6.07, 6.45) is 1.88. The number of carbonyl (C=O) groups excluding carboxylic acids is 2. The summed E-state index contributed by atoms with van der Waals surface area (Å²) in [7, 11) is 0. The number of alkyl halides is 3. The van der Waals surface area contributed by atoms with Gasteiger partial charge in [-0.3, -0.25) is 9.69 Å². The number of amides is 3. The highest BCUT2D eigenvalue weighted by molar-refractivity contribution is 8.14. The molecule has 3 amide bonds. The van der Waals surface area contributed by atoms with E-state index >= 15 is 0 Å². The first-order valence-electron chi connectivity index (χ1n) is 14.1. The maximum Gasteiger partial charge on any atom is 0.573 e. The number of aromatic nitrogens is 3. The fourth-order valence-electron chi connectivity index (χ4n) is 4.28. The lowest BCUT2D eigenvalue weighted by Crippen LogP contribution is -2.30. The minimum absolute atomic E-state index is 0.105. The Kier molecular flexibility index (Phi) is 11.3. The molecular formula is C32H30F4N6O3S. The van der Waals surface area contributed by atoms with Gasteiger partial charge in [0.05, 0.1) is 17.1 Å². The van der Waals surface area contributed by atoms with Crippen LogP contribution in [-0.2, 0) is 11.2 Å². The third-order valence-corrected chi connectivity index (χ3v) is 7.14. The van der Waals surface area contributed by atoms with Crippen molar-refractivity contribution in [1.82, 2.24) is 14.8 Å². The summed E-state index contributed by atoms with van der Waals surface area (Å²) in [5.74, 6) is -0.279. The Morgan fingerprint density at radius 3 is 2.50 bits per heavy atom. The van der Waals surface area contributed by atoms with Crippen molar-refractivity contribution < 1.29 is 31.9 Å². The molecule has 0 atom stereocenters. The number of carbonyl (C=O) groups is 2. The number of benzene rings is 3. The molecule has 3 aromatic carbocycles. The molecule has 9 nitrogen and oxygen atoms in total. The number of anilines is 2. The van der Waals surface area contributed by atoms with E-state index in [0.29, 0.717) is 29.1 Å². The molecule has 14 heteroatoms. The minimum Gasteiger partial charge on any atom is -0.406 e. The first kappa shape index (κ1) is 33.9. The predicted octanol–water partition coefficient (Wildman–Crippen LogP) is 8.04. The number of hydrogen-bond donors (Lipinski definition) is 1. The van der Waals surface area contributed by atoms with Crippen LogP contribution in [0.2, 0.25) is 0 Å². The molecule has 0 aliphatic rings. The Bertz CT molecular complexity index is 1740. The number of hydrogen-bond acceptors (Lipinski definition) is 6. The number of rotatable bonds is 10. The normalized spacial score (nSPS) is 11.9. The summed E-state index contributed by atoms with van der Waals surface area (Å²) in [5.41, 5.74) is 3.32. The van der Waals surface area contributed by atoms with Gasteiger partial charge in [0.25, 0.3) is 0 Å². The Morgan fingerprint density at radius 2 is 1.85 bits per heavy atom. The number of aryl methyl sites for hydroxylation is 2. The number of amidine groups is 1. The molecule has 0 saturated heterocycles. The van der Waals surface area contributed by atoms with Gasteiger partial charge in [-0.25, -0.2) is 18.9 Å². The highest BCUT2D eigenvalue weighted by Crippen LogP contribution is 2.27. The highest BCUT2D eigenvalue weighted by Gasteiger charge is 2.31. The second-order valence-electron chi connectivity index (χ2n) is 9.78.